The molecule has 0 heterocycles. The minimum atomic E-state index is -0.834. The summed E-state index contributed by atoms with van der Waals surface area (Å²) in [6.45, 7) is 5.39. The first-order chi connectivity index (χ1) is 5.13. The molecule has 3 N–H and O–H groups in total. The molecule has 3 nitrogen and oxygen atoms in total. The van der Waals surface area contributed by atoms with Crippen molar-refractivity contribution in [1.82, 2.24) is 0 Å². The summed E-state index contributed by atoms with van der Waals surface area (Å²) in [5.74, 6) is -1.31. The Hall–Kier alpha value is -0.830. The van der Waals surface area contributed by atoms with Gasteiger partial charge in [-0.3, -0.25) is 4.79 Å². The Bertz CT molecular complexity index is 145. The van der Waals surface area contributed by atoms with E-state index in [4.69, 9.17) is 10.8 Å². The zero-order valence-corrected chi connectivity index (χ0v) is 6.79. The molecule has 0 radical (unpaired) electrons. The van der Waals surface area contributed by atoms with E-state index in [1.807, 2.05) is 6.92 Å². The molecule has 0 aromatic rings. The maximum absolute atomic E-state index is 10.6. The number of carbonyl (C=O) groups is 1. The predicted octanol–water partition coefficient (Wildman–Crippen LogP) is 1.00. The lowest BCUT2D eigenvalue weighted by molar-refractivity contribution is -0.142. The number of carboxylic acids is 1. The average molecular weight is 157 g/mol. The Labute approximate surface area is 66.9 Å². The number of carboxylic acid groups (broad SMARTS) is 1. The monoisotopic (exact) mass is 157 g/mol. The molecule has 3 heteroatoms. The van der Waals surface area contributed by atoms with E-state index in [1.54, 1.807) is 0 Å². The Morgan fingerprint density at radius 2 is 2.36 bits per heavy atom. The third-order valence-electron chi connectivity index (χ3n) is 1.65. The van der Waals surface area contributed by atoms with Crippen molar-refractivity contribution in [3.05, 3.63) is 12.7 Å². The van der Waals surface area contributed by atoms with Crippen LogP contribution in [-0.4, -0.2) is 17.1 Å². The highest BCUT2D eigenvalue weighted by molar-refractivity contribution is 5.71. The van der Waals surface area contributed by atoms with Gasteiger partial charge in [-0.15, -0.1) is 6.58 Å². The molecule has 64 valence electrons. The minimum absolute atomic E-state index is 0.424. The molecule has 0 aromatic heterocycles. The van der Waals surface area contributed by atoms with Gasteiger partial charge in [0.15, 0.2) is 0 Å². The number of nitrogens with two attached hydrogens (primary N) is 1. The molecule has 0 aromatic carbocycles. The highest BCUT2D eigenvalue weighted by Crippen LogP contribution is 2.10. The summed E-state index contributed by atoms with van der Waals surface area (Å²) >= 11 is 0. The smallest absolute Gasteiger partial charge is 0.308 e. The Balaban J connectivity index is 4.08. The lowest BCUT2D eigenvalue weighted by Gasteiger charge is -2.15. The van der Waals surface area contributed by atoms with Gasteiger partial charge in [0.25, 0.3) is 0 Å². The highest BCUT2D eigenvalue weighted by atomic mass is 16.4. The maximum atomic E-state index is 10.6. The van der Waals surface area contributed by atoms with Gasteiger partial charge in [-0.05, 0) is 6.42 Å². The number of aliphatic carboxylic acids is 1. The van der Waals surface area contributed by atoms with E-state index in [0.29, 0.717) is 6.42 Å². The van der Waals surface area contributed by atoms with Gasteiger partial charge < -0.3 is 10.8 Å². The second-order valence-electron chi connectivity index (χ2n) is 2.55. The van der Waals surface area contributed by atoms with Crippen LogP contribution in [-0.2, 0) is 4.79 Å². The van der Waals surface area contributed by atoms with Crippen LogP contribution in [0.4, 0.5) is 0 Å². The van der Waals surface area contributed by atoms with Crippen LogP contribution in [0.2, 0.25) is 0 Å². The molecule has 0 amide bonds. The third kappa shape index (κ3) is 3.18. The van der Waals surface area contributed by atoms with E-state index in [1.165, 1.54) is 6.08 Å². The summed E-state index contributed by atoms with van der Waals surface area (Å²) in [7, 11) is 0. The first-order valence-corrected chi connectivity index (χ1v) is 3.74. The van der Waals surface area contributed by atoms with Crippen LogP contribution < -0.4 is 5.73 Å². The van der Waals surface area contributed by atoms with E-state index < -0.39 is 17.9 Å². The molecule has 0 saturated carbocycles. The van der Waals surface area contributed by atoms with Crippen molar-refractivity contribution in [2.75, 3.05) is 0 Å². The zero-order valence-electron chi connectivity index (χ0n) is 6.79. The fourth-order valence-corrected chi connectivity index (χ4v) is 0.956. The second-order valence-corrected chi connectivity index (χ2v) is 2.55. The maximum Gasteiger partial charge on any atom is 0.308 e. The largest absolute Gasteiger partial charge is 0.481 e. The van der Waals surface area contributed by atoms with Crippen molar-refractivity contribution in [3.63, 3.8) is 0 Å². The summed E-state index contributed by atoms with van der Waals surface area (Å²) in [5, 5.41) is 8.68. The quantitative estimate of drug-likeness (QED) is 0.585. The molecular weight excluding hydrogens is 142 g/mol. The standard InChI is InChI=1S/C8H15NO2/c1-3-5-6(8(10)11)7(9)4-2/h4,6-7H,2-3,5,9H2,1H3,(H,10,11). The topological polar surface area (TPSA) is 63.3 Å². The fourth-order valence-electron chi connectivity index (χ4n) is 0.956. The Morgan fingerprint density at radius 3 is 2.64 bits per heavy atom. The SMILES string of the molecule is C=CC(N)C(CCC)C(=O)O. The molecule has 0 fully saturated rings. The van der Waals surface area contributed by atoms with Gasteiger partial charge in [0.05, 0.1) is 5.92 Å². The number of hydrogen-bond donors (Lipinski definition) is 2. The first kappa shape index (κ1) is 10.2. The van der Waals surface area contributed by atoms with Crippen LogP contribution in [0.5, 0.6) is 0 Å². The average Bonchev–Trinajstić information content (AvgIpc) is 1.98. The number of rotatable bonds is 5. The van der Waals surface area contributed by atoms with Crippen molar-refractivity contribution in [1.29, 1.82) is 0 Å². The number of hydrogen-bond acceptors (Lipinski definition) is 2. The van der Waals surface area contributed by atoms with Gasteiger partial charge in [0.1, 0.15) is 0 Å². The van der Waals surface area contributed by atoms with Crippen LogP contribution in [0.25, 0.3) is 0 Å². The summed E-state index contributed by atoms with van der Waals surface area (Å²) < 4.78 is 0. The van der Waals surface area contributed by atoms with E-state index >= 15 is 0 Å². The van der Waals surface area contributed by atoms with Crippen LogP contribution in [0, 0.1) is 5.92 Å². The van der Waals surface area contributed by atoms with Crippen LogP contribution >= 0.6 is 0 Å². The third-order valence-corrected chi connectivity index (χ3v) is 1.65. The molecule has 0 aliphatic heterocycles. The molecule has 0 aliphatic carbocycles. The highest BCUT2D eigenvalue weighted by Gasteiger charge is 2.21. The molecule has 0 rings (SSSR count). The molecule has 2 unspecified atom stereocenters. The van der Waals surface area contributed by atoms with Gasteiger partial charge in [0, 0.05) is 6.04 Å². The van der Waals surface area contributed by atoms with Crippen molar-refractivity contribution in [3.8, 4) is 0 Å². The molecular formula is C8H15NO2. The van der Waals surface area contributed by atoms with E-state index in [2.05, 4.69) is 6.58 Å². The predicted molar refractivity (Wildman–Crippen MR) is 44.2 cm³/mol. The van der Waals surface area contributed by atoms with Crippen molar-refractivity contribution >= 4 is 5.97 Å². The molecule has 0 aliphatic rings. The van der Waals surface area contributed by atoms with Gasteiger partial charge in [0.2, 0.25) is 0 Å². The first-order valence-electron chi connectivity index (χ1n) is 3.74. The zero-order chi connectivity index (χ0) is 8.85. The van der Waals surface area contributed by atoms with Crippen molar-refractivity contribution < 1.29 is 9.90 Å². The van der Waals surface area contributed by atoms with Crippen LogP contribution in [0.1, 0.15) is 19.8 Å². The van der Waals surface area contributed by atoms with Gasteiger partial charge >= 0.3 is 5.97 Å². The van der Waals surface area contributed by atoms with E-state index in [-0.39, 0.29) is 0 Å². The van der Waals surface area contributed by atoms with Crippen molar-refractivity contribution in [2.45, 2.75) is 25.8 Å². The summed E-state index contributed by atoms with van der Waals surface area (Å²) in [4.78, 5) is 10.6. The molecule has 0 spiro atoms. The minimum Gasteiger partial charge on any atom is -0.481 e. The summed E-state index contributed by atoms with van der Waals surface area (Å²) in [6, 6.07) is -0.424. The molecule has 11 heavy (non-hydrogen) atoms. The van der Waals surface area contributed by atoms with Crippen LogP contribution in [0.3, 0.4) is 0 Å². The fraction of sp³-hybridized carbons (Fsp3) is 0.625. The Morgan fingerprint density at radius 1 is 1.82 bits per heavy atom. The van der Waals surface area contributed by atoms with E-state index in [0.717, 1.165) is 6.42 Å². The van der Waals surface area contributed by atoms with Crippen LogP contribution in [0.15, 0.2) is 12.7 Å². The molecule has 0 bridgehead atoms. The lowest BCUT2D eigenvalue weighted by atomic mass is 9.96. The summed E-state index contributed by atoms with van der Waals surface area (Å²) in [6.07, 6.45) is 2.93. The second kappa shape index (κ2) is 4.91. The normalized spacial score (nSPS) is 15.5. The Kier molecular flexibility index (Phi) is 4.54. The van der Waals surface area contributed by atoms with Gasteiger partial charge in [-0.25, -0.2) is 0 Å². The van der Waals surface area contributed by atoms with Crippen molar-refractivity contribution in [2.24, 2.45) is 11.7 Å². The lowest BCUT2D eigenvalue weighted by Crippen LogP contribution is -2.33. The molecule has 2 atom stereocenters. The van der Waals surface area contributed by atoms with E-state index in [9.17, 15) is 4.79 Å². The van der Waals surface area contributed by atoms with Gasteiger partial charge in [-0.2, -0.15) is 0 Å². The summed E-state index contributed by atoms with van der Waals surface area (Å²) in [5.41, 5.74) is 5.51. The van der Waals surface area contributed by atoms with Gasteiger partial charge in [-0.1, -0.05) is 19.4 Å². The molecule has 0 saturated heterocycles.